The Morgan fingerprint density at radius 3 is 2.20 bits per heavy atom. The first kappa shape index (κ1) is 22.9. The summed E-state index contributed by atoms with van der Waals surface area (Å²) in [4.78, 5) is 51.9. The van der Waals surface area contributed by atoms with Gasteiger partial charge in [-0.2, -0.15) is 0 Å². The van der Waals surface area contributed by atoms with Crippen molar-refractivity contribution in [2.24, 2.45) is 23.7 Å². The van der Waals surface area contributed by atoms with Gasteiger partial charge < -0.3 is 19.5 Å². The van der Waals surface area contributed by atoms with Gasteiger partial charge in [-0.15, -0.1) is 0 Å². The van der Waals surface area contributed by atoms with Crippen LogP contribution in [0.1, 0.15) is 29.6 Å². The fraction of sp³-hybridized carbons (Fsp3) is 0.385. The molecule has 3 aliphatic rings. The van der Waals surface area contributed by atoms with Gasteiger partial charge in [0.15, 0.2) is 6.61 Å². The number of amides is 3. The summed E-state index contributed by atoms with van der Waals surface area (Å²) in [6.45, 7) is -0.495. The first-order valence-corrected chi connectivity index (χ1v) is 11.6. The van der Waals surface area contributed by atoms with Crippen LogP contribution >= 0.6 is 0 Å². The molecule has 2 aliphatic carbocycles. The zero-order chi connectivity index (χ0) is 24.7. The smallest absolute Gasteiger partial charge is 0.338 e. The van der Waals surface area contributed by atoms with E-state index in [9.17, 15) is 19.2 Å². The number of benzene rings is 2. The first-order chi connectivity index (χ1) is 16.9. The first-order valence-electron chi connectivity index (χ1n) is 11.6. The van der Waals surface area contributed by atoms with Crippen molar-refractivity contribution < 1.29 is 33.4 Å². The molecule has 2 bridgehead atoms. The van der Waals surface area contributed by atoms with Crippen molar-refractivity contribution >= 4 is 35.1 Å². The third-order valence-corrected chi connectivity index (χ3v) is 7.31. The number of nitrogens with one attached hydrogen (secondary N) is 1. The molecule has 2 aromatic carbocycles. The molecule has 0 unspecified atom stereocenters. The van der Waals surface area contributed by atoms with E-state index in [4.69, 9.17) is 14.2 Å². The normalized spacial score (nSPS) is 24.3. The second-order valence-corrected chi connectivity index (χ2v) is 9.13. The Hall–Kier alpha value is -3.88. The van der Waals surface area contributed by atoms with E-state index in [0.717, 1.165) is 19.3 Å². The van der Waals surface area contributed by atoms with Crippen molar-refractivity contribution in [2.75, 3.05) is 31.0 Å². The molecule has 2 aromatic rings. The largest absolute Gasteiger partial charge is 0.497 e. The average Bonchev–Trinajstić information content (AvgIpc) is 3.56. The summed E-state index contributed by atoms with van der Waals surface area (Å²) in [5, 5.41) is 2.63. The predicted molar refractivity (Wildman–Crippen MR) is 125 cm³/mol. The lowest BCUT2D eigenvalue weighted by Crippen LogP contribution is -2.32. The molecule has 35 heavy (non-hydrogen) atoms. The van der Waals surface area contributed by atoms with Crippen LogP contribution in [0.25, 0.3) is 0 Å². The molecular weight excluding hydrogens is 452 g/mol. The van der Waals surface area contributed by atoms with Gasteiger partial charge in [0, 0.05) is 6.07 Å². The minimum Gasteiger partial charge on any atom is -0.497 e. The molecule has 5 rings (SSSR count). The minimum atomic E-state index is -0.692. The predicted octanol–water partition coefficient (Wildman–Crippen LogP) is 3.03. The number of methoxy groups -OCH3 is 2. The molecule has 2 saturated carbocycles. The second kappa shape index (κ2) is 9.05. The summed E-state index contributed by atoms with van der Waals surface area (Å²) in [6.07, 6.45) is 3.01. The topological polar surface area (TPSA) is 111 Å². The number of hydrogen-bond acceptors (Lipinski definition) is 7. The van der Waals surface area contributed by atoms with E-state index < -0.39 is 18.5 Å². The molecule has 0 aromatic heterocycles. The maximum atomic E-state index is 13.0. The number of rotatable bonds is 7. The third-order valence-electron chi connectivity index (χ3n) is 7.31. The molecule has 1 aliphatic heterocycles. The van der Waals surface area contributed by atoms with Gasteiger partial charge in [0.2, 0.25) is 11.8 Å². The van der Waals surface area contributed by atoms with Crippen LogP contribution in [0.2, 0.25) is 0 Å². The standard InChI is InChI=1S/C26H26N2O7/c1-33-18-9-10-19(20(12-18)34-2)27-21(29)13-35-26(32)14-5-7-17(8-6-14)28-24(30)22-15-3-4-16(11-15)23(22)25(28)31/h5-10,12,15-16,22-23H,3-4,11,13H2,1-2H3,(H,27,29)/t15-,16-,22+,23+/m0/s1. The maximum Gasteiger partial charge on any atom is 0.338 e. The summed E-state index contributed by atoms with van der Waals surface area (Å²) < 4.78 is 15.5. The zero-order valence-electron chi connectivity index (χ0n) is 19.5. The molecule has 3 fully saturated rings. The molecule has 3 amide bonds. The molecular formula is C26H26N2O7. The van der Waals surface area contributed by atoms with Gasteiger partial charge in [-0.3, -0.25) is 19.3 Å². The van der Waals surface area contributed by atoms with Crippen LogP contribution in [0.5, 0.6) is 11.5 Å². The molecule has 0 spiro atoms. The van der Waals surface area contributed by atoms with Gasteiger partial charge in [0.1, 0.15) is 11.5 Å². The summed E-state index contributed by atoms with van der Waals surface area (Å²) in [5.74, 6) is -0.293. The number of hydrogen-bond donors (Lipinski definition) is 1. The zero-order valence-corrected chi connectivity index (χ0v) is 19.5. The number of nitrogens with zero attached hydrogens (tertiary/aromatic N) is 1. The van der Waals surface area contributed by atoms with E-state index in [1.54, 1.807) is 30.3 Å². The highest BCUT2D eigenvalue weighted by atomic mass is 16.5. The minimum absolute atomic E-state index is 0.131. The number of carbonyl (C=O) groups excluding carboxylic acids is 4. The monoisotopic (exact) mass is 478 g/mol. The van der Waals surface area contributed by atoms with Gasteiger partial charge in [-0.05, 0) is 67.5 Å². The van der Waals surface area contributed by atoms with Crippen LogP contribution in [0.3, 0.4) is 0 Å². The quantitative estimate of drug-likeness (QED) is 0.481. The Morgan fingerprint density at radius 1 is 0.943 bits per heavy atom. The molecule has 1 heterocycles. The van der Waals surface area contributed by atoms with Gasteiger partial charge in [-0.25, -0.2) is 4.79 Å². The molecule has 0 radical (unpaired) electrons. The van der Waals surface area contributed by atoms with E-state index in [0.29, 0.717) is 34.7 Å². The van der Waals surface area contributed by atoms with Crippen LogP contribution < -0.4 is 19.7 Å². The fourth-order valence-electron chi connectivity index (χ4n) is 5.71. The lowest BCUT2D eigenvalue weighted by molar-refractivity contribution is -0.123. The van der Waals surface area contributed by atoms with Gasteiger partial charge >= 0.3 is 5.97 Å². The number of esters is 1. The Morgan fingerprint density at radius 2 is 1.60 bits per heavy atom. The summed E-state index contributed by atoms with van der Waals surface area (Å²) in [5.41, 5.74) is 1.08. The Balaban J connectivity index is 1.19. The van der Waals surface area contributed by atoms with Gasteiger partial charge in [-0.1, -0.05) is 0 Å². The third kappa shape index (κ3) is 4.00. The number of anilines is 2. The van der Waals surface area contributed by atoms with Crippen molar-refractivity contribution in [3.8, 4) is 11.5 Å². The van der Waals surface area contributed by atoms with Crippen LogP contribution in [0.4, 0.5) is 11.4 Å². The number of fused-ring (bicyclic) bond motifs is 5. The van der Waals surface area contributed by atoms with Crippen molar-refractivity contribution in [1.29, 1.82) is 0 Å². The Kier molecular flexibility index (Phi) is 5.92. The van der Waals surface area contributed by atoms with Crippen molar-refractivity contribution in [3.63, 3.8) is 0 Å². The van der Waals surface area contributed by atoms with Gasteiger partial charge in [0.25, 0.3) is 5.91 Å². The summed E-state index contributed by atoms with van der Waals surface area (Å²) >= 11 is 0. The van der Waals surface area contributed by atoms with E-state index >= 15 is 0 Å². The van der Waals surface area contributed by atoms with Crippen molar-refractivity contribution in [3.05, 3.63) is 48.0 Å². The molecule has 4 atom stereocenters. The fourth-order valence-corrected chi connectivity index (χ4v) is 5.71. The lowest BCUT2D eigenvalue weighted by atomic mass is 9.81. The number of ether oxygens (including phenoxy) is 3. The van der Waals surface area contributed by atoms with E-state index in [1.807, 2.05) is 0 Å². The number of carbonyl (C=O) groups is 4. The summed E-state index contributed by atoms with van der Waals surface area (Å²) in [6, 6.07) is 11.0. The molecule has 1 saturated heterocycles. The highest BCUT2D eigenvalue weighted by Crippen LogP contribution is 2.56. The van der Waals surface area contributed by atoms with E-state index in [1.165, 1.54) is 31.3 Å². The average molecular weight is 479 g/mol. The van der Waals surface area contributed by atoms with Crippen molar-refractivity contribution in [2.45, 2.75) is 19.3 Å². The molecule has 9 heteroatoms. The lowest BCUT2D eigenvalue weighted by Gasteiger charge is -2.19. The summed E-state index contributed by atoms with van der Waals surface area (Å²) in [7, 11) is 2.99. The van der Waals surface area contributed by atoms with Crippen LogP contribution in [0.15, 0.2) is 42.5 Å². The maximum absolute atomic E-state index is 13.0. The van der Waals surface area contributed by atoms with E-state index in [-0.39, 0.29) is 29.2 Å². The highest BCUT2D eigenvalue weighted by Gasteiger charge is 2.61. The Labute approximate surface area is 202 Å². The van der Waals surface area contributed by atoms with Crippen molar-refractivity contribution in [1.82, 2.24) is 0 Å². The van der Waals surface area contributed by atoms with Crippen LogP contribution in [-0.4, -0.2) is 44.5 Å². The molecule has 9 nitrogen and oxygen atoms in total. The number of imide groups is 1. The van der Waals surface area contributed by atoms with E-state index in [2.05, 4.69) is 5.32 Å². The van der Waals surface area contributed by atoms with Gasteiger partial charge in [0.05, 0.1) is 43.0 Å². The Bertz CT molecular complexity index is 1160. The molecule has 182 valence electrons. The second-order valence-electron chi connectivity index (χ2n) is 9.13. The van der Waals surface area contributed by atoms with Crippen LogP contribution in [0, 0.1) is 23.7 Å². The highest BCUT2D eigenvalue weighted by molar-refractivity contribution is 6.22. The van der Waals surface area contributed by atoms with Crippen LogP contribution in [-0.2, 0) is 19.1 Å². The molecule has 1 N–H and O–H groups in total. The SMILES string of the molecule is COc1ccc(NC(=O)COC(=O)c2ccc(N3C(=O)[C@@H]4[C@H]5CC[C@@H](C5)[C@H]4C3=O)cc2)c(OC)c1.